The molecule has 0 heterocycles. The fourth-order valence-electron chi connectivity index (χ4n) is 1.30. The number of hydrogen-bond donors (Lipinski definition) is 5. The van der Waals surface area contributed by atoms with Gasteiger partial charge in [0.1, 0.15) is 0 Å². The van der Waals surface area contributed by atoms with E-state index in [4.69, 9.17) is 25.5 Å². The zero-order valence-corrected chi connectivity index (χ0v) is 11.0. The summed E-state index contributed by atoms with van der Waals surface area (Å²) in [4.78, 5) is 30.5. The van der Waals surface area contributed by atoms with Crippen molar-refractivity contribution in [3.05, 3.63) is 35.9 Å². The molecular formula is C13H19AlO8. The van der Waals surface area contributed by atoms with Gasteiger partial charge in [0.2, 0.25) is 0 Å². The highest BCUT2D eigenvalue weighted by molar-refractivity contribution is 5.88. The second-order valence-corrected chi connectivity index (χ2v) is 4.12. The van der Waals surface area contributed by atoms with E-state index in [0.717, 1.165) is 5.56 Å². The zero-order chi connectivity index (χ0) is 16.5. The maximum atomic E-state index is 10.3. The third-order valence-corrected chi connectivity index (χ3v) is 2.31. The number of carboxylic acids is 3. The van der Waals surface area contributed by atoms with Crippen LogP contribution < -0.4 is 0 Å². The maximum absolute atomic E-state index is 10.3. The highest BCUT2D eigenvalue weighted by atomic mass is 27.0. The molecule has 1 aromatic carbocycles. The van der Waals surface area contributed by atoms with E-state index in [1.54, 1.807) is 0 Å². The van der Waals surface area contributed by atoms with E-state index in [2.05, 4.69) is 0 Å². The van der Waals surface area contributed by atoms with E-state index in [-0.39, 0.29) is 24.0 Å². The lowest BCUT2D eigenvalue weighted by Gasteiger charge is -2.18. The molecule has 0 aliphatic carbocycles. The van der Waals surface area contributed by atoms with Crippen molar-refractivity contribution >= 4 is 35.3 Å². The summed E-state index contributed by atoms with van der Waals surface area (Å²) >= 11 is 0. The van der Waals surface area contributed by atoms with E-state index in [1.165, 1.54) is 0 Å². The number of carbonyl (C=O) groups is 3. The Morgan fingerprint density at radius 1 is 0.909 bits per heavy atom. The number of rotatable bonds is 6. The van der Waals surface area contributed by atoms with Crippen molar-refractivity contribution in [3.63, 3.8) is 0 Å². The second kappa shape index (κ2) is 10.8. The van der Waals surface area contributed by atoms with E-state index in [0.29, 0.717) is 0 Å². The van der Waals surface area contributed by atoms with Gasteiger partial charge < -0.3 is 25.5 Å². The van der Waals surface area contributed by atoms with Gasteiger partial charge in [-0.25, -0.2) is 4.79 Å². The molecule has 0 unspecified atom stereocenters. The molecule has 0 spiro atoms. The first-order valence-corrected chi connectivity index (χ1v) is 5.75. The average molecular weight is 330 g/mol. The van der Waals surface area contributed by atoms with Crippen molar-refractivity contribution in [1.29, 1.82) is 0 Å². The van der Waals surface area contributed by atoms with Gasteiger partial charge in [0, 0.05) is 0 Å². The molecule has 8 nitrogen and oxygen atoms in total. The number of aliphatic hydroxyl groups is 2. The molecule has 0 atom stereocenters. The Morgan fingerprint density at radius 2 is 1.32 bits per heavy atom. The van der Waals surface area contributed by atoms with Crippen molar-refractivity contribution < 1.29 is 39.9 Å². The van der Waals surface area contributed by atoms with Crippen LogP contribution >= 0.6 is 0 Å². The van der Waals surface area contributed by atoms with Gasteiger partial charge in [0.15, 0.2) is 23.0 Å². The Balaban J connectivity index is 0. The third kappa shape index (κ3) is 9.10. The number of benzene rings is 1. The molecule has 0 saturated carbocycles. The van der Waals surface area contributed by atoms with Crippen molar-refractivity contribution in [1.82, 2.24) is 0 Å². The van der Waals surface area contributed by atoms with Crippen LogP contribution in [-0.4, -0.2) is 66.4 Å². The molecule has 0 saturated heterocycles. The molecule has 0 amide bonds. The Labute approximate surface area is 136 Å². The zero-order valence-electron chi connectivity index (χ0n) is 11.0. The van der Waals surface area contributed by atoms with E-state index in [9.17, 15) is 14.4 Å². The standard InChI is InChI=1S/C7H8O.C6H8O7.Al.3H/c8-6-7-4-2-1-3-5-7;7-3(8)1-6(13,5(11)12)2-4(9)10;;;;/h1-5,8H,6H2;13H,1-2H2,(H,7,8)(H,9,10)(H,11,12);;;;. The van der Waals surface area contributed by atoms with Crippen LogP contribution in [-0.2, 0) is 21.0 Å². The highest BCUT2D eigenvalue weighted by Gasteiger charge is 2.40. The molecule has 0 aliphatic rings. The van der Waals surface area contributed by atoms with E-state index in [1.807, 2.05) is 30.3 Å². The molecule has 0 fully saturated rings. The van der Waals surface area contributed by atoms with E-state index < -0.39 is 36.4 Å². The minimum absolute atomic E-state index is 0. The first kappa shape index (κ1) is 22.4. The van der Waals surface area contributed by atoms with Crippen molar-refractivity contribution in [2.75, 3.05) is 0 Å². The van der Waals surface area contributed by atoms with Gasteiger partial charge in [-0.05, 0) is 5.56 Å². The van der Waals surface area contributed by atoms with Gasteiger partial charge in [0.25, 0.3) is 0 Å². The predicted molar refractivity (Wildman–Crippen MR) is 79.4 cm³/mol. The summed E-state index contributed by atoms with van der Waals surface area (Å²) in [6.07, 6.45) is -2.29. The molecule has 122 valence electrons. The van der Waals surface area contributed by atoms with Crippen LogP contribution in [0.3, 0.4) is 0 Å². The Hall–Kier alpha value is -1.92. The molecule has 9 heteroatoms. The van der Waals surface area contributed by atoms with Gasteiger partial charge >= 0.3 is 17.9 Å². The lowest BCUT2D eigenvalue weighted by Crippen LogP contribution is -2.42. The van der Waals surface area contributed by atoms with Gasteiger partial charge in [-0.3, -0.25) is 9.59 Å². The largest absolute Gasteiger partial charge is 0.481 e. The lowest BCUT2D eigenvalue weighted by molar-refractivity contribution is -0.170. The van der Waals surface area contributed by atoms with Gasteiger partial charge in [-0.2, -0.15) is 0 Å². The van der Waals surface area contributed by atoms with Crippen molar-refractivity contribution in [2.45, 2.75) is 25.0 Å². The van der Waals surface area contributed by atoms with Crippen LogP contribution in [0, 0.1) is 0 Å². The first-order chi connectivity index (χ1) is 9.71. The second-order valence-electron chi connectivity index (χ2n) is 4.12. The fourth-order valence-corrected chi connectivity index (χ4v) is 1.30. The maximum Gasteiger partial charge on any atom is 0.336 e. The predicted octanol–water partition coefficient (Wildman–Crippen LogP) is -1.25. The summed E-state index contributed by atoms with van der Waals surface area (Å²) in [5.74, 6) is -5.02. The molecule has 5 N–H and O–H groups in total. The smallest absolute Gasteiger partial charge is 0.336 e. The van der Waals surface area contributed by atoms with Crippen molar-refractivity contribution in [2.24, 2.45) is 0 Å². The quantitative estimate of drug-likeness (QED) is 0.406. The molecule has 22 heavy (non-hydrogen) atoms. The molecule has 0 aromatic heterocycles. The summed E-state index contributed by atoms with van der Waals surface area (Å²) in [5, 5.41) is 42.3. The minimum atomic E-state index is -2.74. The SMILES string of the molecule is O=C(O)CC(O)(CC(=O)O)C(=O)O.OCc1ccccc1.[AlH3]. The Morgan fingerprint density at radius 3 is 1.55 bits per heavy atom. The lowest BCUT2D eigenvalue weighted by atomic mass is 9.96. The molecule has 1 aromatic rings. The van der Waals surface area contributed by atoms with Crippen LogP contribution in [0.1, 0.15) is 18.4 Å². The normalized spacial score (nSPS) is 9.73. The van der Waals surface area contributed by atoms with E-state index >= 15 is 0 Å². The minimum Gasteiger partial charge on any atom is -0.481 e. The summed E-state index contributed by atoms with van der Waals surface area (Å²) < 4.78 is 0. The monoisotopic (exact) mass is 330 g/mol. The van der Waals surface area contributed by atoms with Gasteiger partial charge in [0.05, 0.1) is 19.4 Å². The molecular weight excluding hydrogens is 311 g/mol. The molecule has 1 rings (SSSR count). The first-order valence-electron chi connectivity index (χ1n) is 5.75. The number of aliphatic hydroxyl groups excluding tert-OH is 1. The van der Waals surface area contributed by atoms with Crippen LogP contribution in [0.2, 0.25) is 0 Å². The molecule has 0 aliphatic heterocycles. The Bertz CT molecular complexity index is 472. The topological polar surface area (TPSA) is 152 Å². The van der Waals surface area contributed by atoms with Crippen LogP contribution in [0.5, 0.6) is 0 Å². The summed E-state index contributed by atoms with van der Waals surface area (Å²) in [6.45, 7) is 0.140. The summed E-state index contributed by atoms with van der Waals surface area (Å²) in [6, 6.07) is 9.52. The van der Waals surface area contributed by atoms with Crippen LogP contribution in [0.15, 0.2) is 30.3 Å². The van der Waals surface area contributed by atoms with Crippen LogP contribution in [0.25, 0.3) is 0 Å². The highest BCUT2D eigenvalue weighted by Crippen LogP contribution is 2.15. The summed E-state index contributed by atoms with van der Waals surface area (Å²) in [7, 11) is 0. The molecule has 0 radical (unpaired) electrons. The fraction of sp³-hybridized carbons (Fsp3) is 0.308. The molecule has 0 bridgehead atoms. The summed E-state index contributed by atoms with van der Waals surface area (Å²) in [5.41, 5.74) is -1.77. The Kier molecular flexibility index (Phi) is 10.9. The third-order valence-electron chi connectivity index (χ3n) is 2.31. The van der Waals surface area contributed by atoms with Crippen LogP contribution in [0.4, 0.5) is 0 Å². The average Bonchev–Trinajstić information content (AvgIpc) is 2.38. The number of carboxylic acid groups (broad SMARTS) is 3. The van der Waals surface area contributed by atoms with Gasteiger partial charge in [-0.15, -0.1) is 0 Å². The number of hydrogen-bond acceptors (Lipinski definition) is 5. The number of aliphatic carboxylic acids is 3. The van der Waals surface area contributed by atoms with Gasteiger partial charge in [-0.1, -0.05) is 30.3 Å². The van der Waals surface area contributed by atoms with Crippen molar-refractivity contribution in [3.8, 4) is 0 Å².